The van der Waals surface area contributed by atoms with Crippen LogP contribution in [0.15, 0.2) is 42.5 Å². The van der Waals surface area contributed by atoms with E-state index in [-0.39, 0.29) is 11.4 Å². The smallest absolute Gasteiger partial charge is 0.336 e. The summed E-state index contributed by atoms with van der Waals surface area (Å²) in [6, 6.07) is 8.42. The van der Waals surface area contributed by atoms with E-state index in [0.717, 1.165) is 0 Å². The standard InChI is InChI=1S/C14H11N3O5/c1-21-13-8-2-10(15-16-13)3-9-14(18)22-12-6-4-11(5-7-12)17(19)20/h2-9H,1H3/b9-3+. The van der Waals surface area contributed by atoms with Gasteiger partial charge in [-0.15, -0.1) is 10.2 Å². The molecule has 1 aromatic carbocycles. The summed E-state index contributed by atoms with van der Waals surface area (Å²) in [4.78, 5) is 21.6. The van der Waals surface area contributed by atoms with Crippen molar-refractivity contribution in [3.05, 3.63) is 58.3 Å². The second-order valence-electron chi connectivity index (χ2n) is 4.01. The summed E-state index contributed by atoms with van der Waals surface area (Å²) in [5, 5.41) is 18.1. The van der Waals surface area contributed by atoms with Crippen LogP contribution in [0, 0.1) is 10.1 Å². The molecule has 0 atom stereocenters. The molecular weight excluding hydrogens is 290 g/mol. The van der Waals surface area contributed by atoms with E-state index < -0.39 is 10.9 Å². The van der Waals surface area contributed by atoms with Crippen LogP contribution in [0.2, 0.25) is 0 Å². The first-order valence-corrected chi connectivity index (χ1v) is 6.10. The van der Waals surface area contributed by atoms with Crippen LogP contribution in [0.1, 0.15) is 5.69 Å². The molecule has 8 heteroatoms. The van der Waals surface area contributed by atoms with Crippen molar-refractivity contribution in [2.24, 2.45) is 0 Å². The first-order chi connectivity index (χ1) is 10.6. The summed E-state index contributed by atoms with van der Waals surface area (Å²) in [5.41, 5.74) is 0.380. The molecule has 2 aromatic rings. The van der Waals surface area contributed by atoms with Crippen LogP contribution < -0.4 is 9.47 Å². The SMILES string of the molecule is COc1ccc(/C=C/C(=O)Oc2ccc([N+](=O)[O-])cc2)nn1. The number of methoxy groups -OCH3 is 1. The van der Waals surface area contributed by atoms with Crippen molar-refractivity contribution in [2.75, 3.05) is 7.11 Å². The van der Waals surface area contributed by atoms with Crippen LogP contribution in [0.4, 0.5) is 5.69 Å². The van der Waals surface area contributed by atoms with E-state index in [1.165, 1.54) is 43.5 Å². The second-order valence-corrected chi connectivity index (χ2v) is 4.01. The molecule has 8 nitrogen and oxygen atoms in total. The summed E-state index contributed by atoms with van der Waals surface area (Å²) >= 11 is 0. The normalized spacial score (nSPS) is 10.4. The monoisotopic (exact) mass is 301 g/mol. The van der Waals surface area contributed by atoms with Crippen molar-refractivity contribution in [3.8, 4) is 11.6 Å². The van der Waals surface area contributed by atoms with Crippen molar-refractivity contribution in [1.29, 1.82) is 0 Å². The Hall–Kier alpha value is -3.29. The van der Waals surface area contributed by atoms with Crippen molar-refractivity contribution in [2.45, 2.75) is 0 Å². The third kappa shape index (κ3) is 4.10. The molecular formula is C14H11N3O5. The number of hydrogen-bond donors (Lipinski definition) is 0. The minimum atomic E-state index is -0.633. The lowest BCUT2D eigenvalue weighted by Gasteiger charge is -2.00. The fraction of sp³-hybridized carbons (Fsp3) is 0.0714. The van der Waals surface area contributed by atoms with E-state index in [1.54, 1.807) is 12.1 Å². The number of benzene rings is 1. The van der Waals surface area contributed by atoms with Gasteiger partial charge in [-0.2, -0.15) is 0 Å². The number of nitro groups is 1. The molecule has 22 heavy (non-hydrogen) atoms. The molecule has 2 rings (SSSR count). The third-order valence-corrected chi connectivity index (χ3v) is 2.53. The number of esters is 1. The van der Waals surface area contributed by atoms with Crippen LogP contribution in [0.25, 0.3) is 6.08 Å². The van der Waals surface area contributed by atoms with E-state index in [2.05, 4.69) is 10.2 Å². The largest absolute Gasteiger partial charge is 0.480 e. The molecule has 0 saturated heterocycles. The van der Waals surface area contributed by atoms with Gasteiger partial charge in [0.2, 0.25) is 5.88 Å². The average molecular weight is 301 g/mol. The first-order valence-electron chi connectivity index (χ1n) is 6.10. The minimum absolute atomic E-state index is 0.0798. The van der Waals surface area contributed by atoms with Gasteiger partial charge in [0, 0.05) is 24.3 Å². The Kier molecular flexibility index (Phi) is 4.76. The predicted octanol–water partition coefficient (Wildman–Crippen LogP) is 2.01. The predicted molar refractivity (Wildman–Crippen MR) is 76.3 cm³/mol. The summed E-state index contributed by atoms with van der Waals surface area (Å²) in [6.45, 7) is 0. The maximum atomic E-state index is 11.6. The average Bonchev–Trinajstić information content (AvgIpc) is 2.54. The molecule has 0 saturated carbocycles. The molecule has 0 radical (unpaired) electrons. The van der Waals surface area contributed by atoms with Crippen molar-refractivity contribution in [1.82, 2.24) is 10.2 Å². The number of non-ortho nitro benzene ring substituents is 1. The highest BCUT2D eigenvalue weighted by Gasteiger charge is 2.06. The van der Waals surface area contributed by atoms with Crippen molar-refractivity contribution in [3.63, 3.8) is 0 Å². The van der Waals surface area contributed by atoms with E-state index >= 15 is 0 Å². The maximum absolute atomic E-state index is 11.6. The highest BCUT2D eigenvalue weighted by Crippen LogP contribution is 2.17. The number of nitrogens with zero attached hydrogens (tertiary/aromatic N) is 3. The van der Waals surface area contributed by atoms with Gasteiger partial charge in [0.1, 0.15) is 5.75 Å². The Morgan fingerprint density at radius 1 is 1.18 bits per heavy atom. The van der Waals surface area contributed by atoms with E-state index in [4.69, 9.17) is 9.47 Å². The summed E-state index contributed by atoms with van der Waals surface area (Å²) < 4.78 is 9.86. The highest BCUT2D eigenvalue weighted by molar-refractivity contribution is 5.88. The molecule has 0 spiro atoms. The Balaban J connectivity index is 1.96. The molecule has 0 N–H and O–H groups in total. The van der Waals surface area contributed by atoms with Crippen molar-refractivity contribution < 1.29 is 19.2 Å². The quantitative estimate of drug-likeness (QED) is 0.273. The lowest BCUT2D eigenvalue weighted by atomic mass is 10.3. The second kappa shape index (κ2) is 6.93. The molecule has 0 aliphatic heterocycles. The van der Waals surface area contributed by atoms with Crippen molar-refractivity contribution >= 4 is 17.7 Å². The number of aromatic nitrogens is 2. The zero-order valence-corrected chi connectivity index (χ0v) is 11.5. The fourth-order valence-electron chi connectivity index (χ4n) is 1.47. The summed E-state index contributed by atoms with van der Waals surface area (Å²) in [7, 11) is 1.47. The van der Waals surface area contributed by atoms with E-state index in [0.29, 0.717) is 11.6 Å². The first kappa shape index (κ1) is 15.1. The molecule has 112 valence electrons. The lowest BCUT2D eigenvalue weighted by molar-refractivity contribution is -0.384. The lowest BCUT2D eigenvalue weighted by Crippen LogP contribution is -2.03. The molecule has 0 fully saturated rings. The fourth-order valence-corrected chi connectivity index (χ4v) is 1.47. The topological polar surface area (TPSA) is 104 Å². The van der Waals surface area contributed by atoms with E-state index in [9.17, 15) is 14.9 Å². The van der Waals surface area contributed by atoms with Gasteiger partial charge in [0.05, 0.1) is 17.7 Å². The van der Waals surface area contributed by atoms with Crippen LogP contribution >= 0.6 is 0 Å². The number of hydrogen-bond acceptors (Lipinski definition) is 7. The Labute approximate surface area is 125 Å². The van der Waals surface area contributed by atoms with Crippen LogP contribution in [0.3, 0.4) is 0 Å². The number of carbonyl (C=O) groups excluding carboxylic acids is 1. The van der Waals surface area contributed by atoms with Gasteiger partial charge in [-0.3, -0.25) is 10.1 Å². The molecule has 1 heterocycles. The summed E-state index contributed by atoms with van der Waals surface area (Å²) in [6.07, 6.45) is 2.61. The molecule has 0 amide bonds. The van der Waals surface area contributed by atoms with Gasteiger partial charge < -0.3 is 9.47 Å². The number of ether oxygens (including phenoxy) is 2. The minimum Gasteiger partial charge on any atom is -0.480 e. The Morgan fingerprint density at radius 3 is 2.45 bits per heavy atom. The van der Waals surface area contributed by atoms with Gasteiger partial charge in [0.15, 0.2) is 0 Å². The summed E-state index contributed by atoms with van der Waals surface area (Å²) in [5.74, 6) is -0.0573. The number of carbonyl (C=O) groups is 1. The highest BCUT2D eigenvalue weighted by atomic mass is 16.6. The zero-order valence-electron chi connectivity index (χ0n) is 11.5. The van der Waals surface area contributed by atoms with Gasteiger partial charge in [-0.25, -0.2) is 4.79 Å². The third-order valence-electron chi connectivity index (χ3n) is 2.53. The molecule has 0 bridgehead atoms. The molecule has 0 aliphatic rings. The Bertz CT molecular complexity index is 695. The van der Waals surface area contributed by atoms with Gasteiger partial charge >= 0.3 is 5.97 Å². The number of rotatable bonds is 5. The van der Waals surface area contributed by atoms with Gasteiger partial charge in [-0.1, -0.05) is 0 Å². The Morgan fingerprint density at radius 2 is 1.91 bits per heavy atom. The maximum Gasteiger partial charge on any atom is 0.336 e. The van der Waals surface area contributed by atoms with Gasteiger partial charge in [0.25, 0.3) is 5.69 Å². The molecule has 0 aliphatic carbocycles. The molecule has 1 aromatic heterocycles. The number of nitro benzene ring substituents is 1. The van der Waals surface area contributed by atoms with Crippen LogP contribution in [0.5, 0.6) is 11.6 Å². The van der Waals surface area contributed by atoms with E-state index in [1.807, 2.05) is 0 Å². The molecule has 0 unspecified atom stereocenters. The zero-order chi connectivity index (χ0) is 15.9. The van der Waals surface area contributed by atoms with Gasteiger partial charge in [-0.05, 0) is 24.3 Å². The van der Waals surface area contributed by atoms with Crippen LogP contribution in [-0.4, -0.2) is 28.2 Å². The van der Waals surface area contributed by atoms with Crippen LogP contribution in [-0.2, 0) is 4.79 Å².